The summed E-state index contributed by atoms with van der Waals surface area (Å²) >= 11 is 0. The fourth-order valence-corrected chi connectivity index (χ4v) is 6.60. The lowest BCUT2D eigenvalue weighted by Gasteiger charge is -2.29. The number of hydrogen-bond acceptors (Lipinski definition) is 4. The number of rotatable bonds is 4. The van der Waals surface area contributed by atoms with Gasteiger partial charge in [0.1, 0.15) is 18.1 Å². The molecule has 3 aromatic rings. The second-order valence-electron chi connectivity index (χ2n) is 8.57. The molecule has 1 fully saturated rings. The smallest absolute Gasteiger partial charge is 0.245 e. The molecule has 0 unspecified atom stereocenters. The van der Waals surface area contributed by atoms with E-state index >= 15 is 0 Å². The van der Waals surface area contributed by atoms with E-state index in [1.165, 1.54) is 4.31 Å². The van der Waals surface area contributed by atoms with Gasteiger partial charge in [-0.1, -0.05) is 72.3 Å². The van der Waals surface area contributed by atoms with Crippen LogP contribution < -0.4 is 0 Å². The zero-order chi connectivity index (χ0) is 22.5. The van der Waals surface area contributed by atoms with Gasteiger partial charge in [0.2, 0.25) is 10.0 Å². The molecular weight excluding hydrogens is 422 g/mol. The van der Waals surface area contributed by atoms with Gasteiger partial charge in [0.15, 0.2) is 0 Å². The third-order valence-electron chi connectivity index (χ3n) is 6.49. The van der Waals surface area contributed by atoms with Crippen LogP contribution in [0.3, 0.4) is 0 Å². The molecule has 1 aliphatic heterocycles. The van der Waals surface area contributed by atoms with E-state index in [4.69, 9.17) is 4.74 Å². The lowest BCUT2D eigenvalue weighted by Crippen LogP contribution is -2.44. The summed E-state index contributed by atoms with van der Waals surface area (Å²) in [4.78, 5) is 13.3. The summed E-state index contributed by atoms with van der Waals surface area (Å²) in [6.07, 6.45) is -1.08. The van der Waals surface area contributed by atoms with Gasteiger partial charge < -0.3 is 4.74 Å². The average Bonchev–Trinajstić information content (AvgIpc) is 3.30. The predicted molar refractivity (Wildman–Crippen MR) is 122 cm³/mol. The van der Waals surface area contributed by atoms with Gasteiger partial charge in [0, 0.05) is 6.42 Å². The Morgan fingerprint density at radius 2 is 1.56 bits per heavy atom. The fraction of sp³-hybridized carbons (Fsp3) is 0.269. The highest BCUT2D eigenvalue weighted by Crippen LogP contribution is 2.46. The molecule has 0 radical (unpaired) electrons. The highest BCUT2D eigenvalue weighted by atomic mass is 32.2. The Hall–Kier alpha value is -2.80. The number of carbonyl (C=O) groups is 1. The highest BCUT2D eigenvalue weighted by Gasteiger charge is 2.53. The van der Waals surface area contributed by atoms with Gasteiger partial charge >= 0.3 is 0 Å². The summed E-state index contributed by atoms with van der Waals surface area (Å²) in [5.41, 5.74) is 3.67. The lowest BCUT2D eigenvalue weighted by atomic mass is 9.99. The number of carbonyl (C=O) groups excluding carboxylic acids is 1. The second-order valence-corrected chi connectivity index (χ2v) is 10.4. The van der Waals surface area contributed by atoms with Crippen molar-refractivity contribution in [1.82, 2.24) is 4.31 Å². The van der Waals surface area contributed by atoms with Crippen molar-refractivity contribution in [2.75, 3.05) is 0 Å². The number of ether oxygens (including phenoxy) is 1. The maximum atomic E-state index is 13.9. The van der Waals surface area contributed by atoms with Gasteiger partial charge in [0.05, 0.1) is 16.9 Å². The van der Waals surface area contributed by atoms with E-state index in [-0.39, 0.29) is 10.7 Å². The standard InChI is InChI=1S/C26H25NO4S/c1-17-12-14-21(15-13-17)32(29,30)27-18(2)25(19-8-4-3-5-9-19)31-26(27)24-22-11-7-6-10-20(22)16-23(24)28/h3-15,18,24-26H,16H2,1-2H3/t18-,24+,25+,26-/m1/s1. The molecule has 5 nitrogen and oxygen atoms in total. The Labute approximate surface area is 188 Å². The molecule has 6 heteroatoms. The van der Waals surface area contributed by atoms with Gasteiger partial charge in [-0.2, -0.15) is 4.31 Å². The average molecular weight is 448 g/mol. The van der Waals surface area contributed by atoms with Crippen molar-refractivity contribution in [2.24, 2.45) is 0 Å². The molecule has 1 heterocycles. The van der Waals surface area contributed by atoms with Crippen LogP contribution >= 0.6 is 0 Å². The molecule has 2 aliphatic rings. The van der Waals surface area contributed by atoms with Crippen molar-refractivity contribution in [1.29, 1.82) is 0 Å². The van der Waals surface area contributed by atoms with Crippen LogP contribution in [0.5, 0.6) is 0 Å². The van der Waals surface area contributed by atoms with Crippen LogP contribution in [0.1, 0.15) is 41.2 Å². The molecule has 32 heavy (non-hydrogen) atoms. The minimum absolute atomic E-state index is 0.0128. The zero-order valence-electron chi connectivity index (χ0n) is 18.0. The number of hydrogen-bond donors (Lipinski definition) is 0. The lowest BCUT2D eigenvalue weighted by molar-refractivity contribution is -0.123. The third-order valence-corrected chi connectivity index (χ3v) is 8.45. The zero-order valence-corrected chi connectivity index (χ0v) is 18.8. The van der Waals surface area contributed by atoms with Crippen LogP contribution in [0.15, 0.2) is 83.8 Å². The first kappa shape index (κ1) is 21.1. The summed E-state index contributed by atoms with van der Waals surface area (Å²) in [7, 11) is -3.90. The summed E-state index contributed by atoms with van der Waals surface area (Å²) in [6, 6.07) is 23.6. The Morgan fingerprint density at radius 1 is 0.906 bits per heavy atom. The van der Waals surface area contributed by atoms with Crippen LogP contribution in [0, 0.1) is 6.92 Å². The number of Topliss-reactive ketones (excluding diaryl/α,β-unsaturated/α-hetero) is 1. The van der Waals surface area contributed by atoms with Gasteiger partial charge in [0.25, 0.3) is 0 Å². The Bertz CT molecular complexity index is 1250. The summed E-state index contributed by atoms with van der Waals surface area (Å²) in [5.74, 6) is -0.663. The first-order valence-electron chi connectivity index (χ1n) is 10.8. The van der Waals surface area contributed by atoms with Crippen molar-refractivity contribution in [3.05, 3.63) is 101 Å². The van der Waals surface area contributed by atoms with E-state index in [0.717, 1.165) is 22.3 Å². The van der Waals surface area contributed by atoms with Gasteiger partial charge in [-0.25, -0.2) is 8.42 Å². The van der Waals surface area contributed by atoms with E-state index < -0.39 is 34.3 Å². The number of benzene rings is 3. The number of fused-ring (bicyclic) bond motifs is 1. The Kier molecular flexibility index (Phi) is 5.24. The maximum absolute atomic E-state index is 13.9. The third kappa shape index (κ3) is 3.39. The Balaban J connectivity index is 1.63. The first-order valence-corrected chi connectivity index (χ1v) is 12.2. The highest BCUT2D eigenvalue weighted by molar-refractivity contribution is 7.89. The normalized spacial score (nSPS) is 25.8. The molecular formula is C26H25NO4S. The molecule has 0 bridgehead atoms. The van der Waals surface area contributed by atoms with Crippen LogP contribution in [0.2, 0.25) is 0 Å². The topological polar surface area (TPSA) is 63.7 Å². The molecule has 0 N–H and O–H groups in total. The number of nitrogens with zero attached hydrogens (tertiary/aromatic N) is 1. The molecule has 5 rings (SSSR count). The molecule has 0 saturated carbocycles. The van der Waals surface area contributed by atoms with E-state index in [1.54, 1.807) is 24.3 Å². The van der Waals surface area contributed by atoms with Crippen molar-refractivity contribution in [3.63, 3.8) is 0 Å². The molecule has 0 aromatic heterocycles. The van der Waals surface area contributed by atoms with Crippen LogP contribution in [0.4, 0.5) is 0 Å². The monoisotopic (exact) mass is 447 g/mol. The van der Waals surface area contributed by atoms with Crippen molar-refractivity contribution in [2.45, 2.75) is 49.5 Å². The number of ketones is 1. The molecule has 0 spiro atoms. The first-order chi connectivity index (χ1) is 15.4. The fourth-order valence-electron chi connectivity index (χ4n) is 4.88. The van der Waals surface area contributed by atoms with Crippen LogP contribution in [-0.4, -0.2) is 30.8 Å². The summed E-state index contributed by atoms with van der Waals surface area (Å²) in [5, 5.41) is 0. The number of sulfonamides is 1. The molecule has 4 atom stereocenters. The molecule has 0 amide bonds. The van der Waals surface area contributed by atoms with Gasteiger partial charge in [-0.05, 0) is 42.7 Å². The minimum Gasteiger partial charge on any atom is -0.351 e. The Morgan fingerprint density at radius 3 is 2.28 bits per heavy atom. The predicted octanol–water partition coefficient (Wildman–Crippen LogP) is 4.38. The van der Waals surface area contributed by atoms with Crippen LogP contribution in [0.25, 0.3) is 0 Å². The molecule has 3 aromatic carbocycles. The second kappa shape index (κ2) is 7.96. The molecule has 164 valence electrons. The van der Waals surface area contributed by atoms with E-state index in [9.17, 15) is 13.2 Å². The van der Waals surface area contributed by atoms with Crippen LogP contribution in [-0.2, 0) is 26.0 Å². The summed E-state index contributed by atoms with van der Waals surface area (Å²) < 4.78 is 35.6. The van der Waals surface area contributed by atoms with Crippen molar-refractivity contribution >= 4 is 15.8 Å². The van der Waals surface area contributed by atoms with E-state index in [1.807, 2.05) is 68.4 Å². The SMILES string of the molecule is Cc1ccc(S(=O)(=O)N2[C@H](C)[C@@H](c3ccccc3)O[C@@H]2[C@@H]2C(=O)Cc3ccccc32)cc1. The van der Waals surface area contributed by atoms with Gasteiger partial charge in [-0.3, -0.25) is 4.79 Å². The largest absolute Gasteiger partial charge is 0.351 e. The van der Waals surface area contributed by atoms with E-state index in [0.29, 0.717) is 6.42 Å². The molecule has 1 aliphatic carbocycles. The van der Waals surface area contributed by atoms with Gasteiger partial charge in [-0.15, -0.1) is 0 Å². The number of aryl methyl sites for hydroxylation is 1. The minimum atomic E-state index is -3.90. The quantitative estimate of drug-likeness (QED) is 0.595. The maximum Gasteiger partial charge on any atom is 0.245 e. The van der Waals surface area contributed by atoms with Crippen molar-refractivity contribution < 1.29 is 17.9 Å². The summed E-state index contributed by atoms with van der Waals surface area (Å²) in [6.45, 7) is 3.77. The molecule has 1 saturated heterocycles. The van der Waals surface area contributed by atoms with Crippen molar-refractivity contribution in [3.8, 4) is 0 Å². The van der Waals surface area contributed by atoms with E-state index in [2.05, 4.69) is 0 Å².